The van der Waals surface area contributed by atoms with Crippen LogP contribution < -0.4 is 5.32 Å². The van der Waals surface area contributed by atoms with Crippen molar-refractivity contribution < 1.29 is 9.90 Å². The first-order valence-electron chi connectivity index (χ1n) is 7.22. The Kier molecular flexibility index (Phi) is 5.32. The van der Waals surface area contributed by atoms with Gasteiger partial charge >= 0.3 is 0 Å². The fraction of sp³-hybridized carbons (Fsp3) is 0.118. The smallest absolute Gasteiger partial charge is 0.239 e. The van der Waals surface area contributed by atoms with Gasteiger partial charge in [0.1, 0.15) is 5.75 Å². The third-order valence-electron chi connectivity index (χ3n) is 3.36. The van der Waals surface area contributed by atoms with Crippen LogP contribution >= 0.6 is 27.7 Å². The van der Waals surface area contributed by atoms with Gasteiger partial charge in [-0.2, -0.15) is 5.10 Å². The van der Waals surface area contributed by atoms with Crippen LogP contribution in [0.2, 0.25) is 0 Å². The number of carbonyl (C=O) groups excluding carboxylic acids is 1. The number of phenols is 1. The number of benzene rings is 2. The molecular weight excluding hydrogens is 390 g/mol. The standard InChI is InChI=1S/C17H14BrN3O2S/c18-13-5-1-11(2-6-13)9-15-16(23)20-17(24-15)21-19-10-12-3-7-14(22)8-4-12/h1-8,10,15,22H,9H2,(H,20,21,23)/b19-10+/t15-/m1/s1. The highest BCUT2D eigenvalue weighted by Crippen LogP contribution is 2.24. The summed E-state index contributed by atoms with van der Waals surface area (Å²) in [5, 5.41) is 20.3. The monoisotopic (exact) mass is 403 g/mol. The third-order valence-corrected chi connectivity index (χ3v) is 4.96. The van der Waals surface area contributed by atoms with Crippen LogP contribution in [-0.4, -0.2) is 27.6 Å². The van der Waals surface area contributed by atoms with Crippen LogP contribution in [0.1, 0.15) is 11.1 Å². The quantitative estimate of drug-likeness (QED) is 0.607. The average Bonchev–Trinajstić information content (AvgIpc) is 2.91. The maximum Gasteiger partial charge on any atom is 0.239 e. The van der Waals surface area contributed by atoms with Gasteiger partial charge in [-0.25, -0.2) is 0 Å². The highest BCUT2D eigenvalue weighted by Gasteiger charge is 2.30. The summed E-state index contributed by atoms with van der Waals surface area (Å²) in [4.78, 5) is 12.0. The second-order valence-electron chi connectivity index (χ2n) is 5.17. The normalized spacial score (nSPS) is 19.1. The second-order valence-corrected chi connectivity index (χ2v) is 7.27. The molecule has 0 bridgehead atoms. The third kappa shape index (κ3) is 4.46. The summed E-state index contributed by atoms with van der Waals surface area (Å²) in [6.45, 7) is 0. The van der Waals surface area contributed by atoms with Gasteiger partial charge in [-0.15, -0.1) is 5.10 Å². The molecule has 0 spiro atoms. The minimum atomic E-state index is -0.200. The van der Waals surface area contributed by atoms with Gasteiger partial charge in [0.25, 0.3) is 0 Å². The van der Waals surface area contributed by atoms with Gasteiger partial charge in [0, 0.05) is 4.47 Å². The molecule has 3 rings (SSSR count). The molecule has 1 aliphatic heterocycles. The van der Waals surface area contributed by atoms with E-state index in [-0.39, 0.29) is 16.9 Å². The fourth-order valence-corrected chi connectivity index (χ4v) is 3.36. The highest BCUT2D eigenvalue weighted by molar-refractivity contribution is 9.10. The molecule has 2 N–H and O–H groups in total. The van der Waals surface area contributed by atoms with Crippen LogP contribution in [0.5, 0.6) is 5.75 Å². The molecule has 122 valence electrons. The number of nitrogens with zero attached hydrogens (tertiary/aromatic N) is 2. The Hall–Kier alpha value is -2.12. The number of nitrogens with one attached hydrogen (secondary N) is 1. The Morgan fingerprint density at radius 2 is 1.88 bits per heavy atom. The Morgan fingerprint density at radius 3 is 2.58 bits per heavy atom. The summed E-state index contributed by atoms with van der Waals surface area (Å²) >= 11 is 4.78. The summed E-state index contributed by atoms with van der Waals surface area (Å²) in [5.74, 6) is 0.148. The molecule has 2 aromatic carbocycles. The molecule has 1 amide bonds. The molecule has 0 aromatic heterocycles. The SMILES string of the molecule is O=C1N/C(=N\N=C\c2ccc(O)cc2)S[C@@H]1Cc1ccc(Br)cc1. The van der Waals surface area contributed by atoms with E-state index in [0.29, 0.717) is 11.6 Å². The molecule has 1 heterocycles. The topological polar surface area (TPSA) is 74.0 Å². The summed E-state index contributed by atoms with van der Waals surface area (Å²) in [5.41, 5.74) is 1.91. The van der Waals surface area contributed by atoms with E-state index in [4.69, 9.17) is 0 Å². The number of phenolic OH excluding ortho intramolecular Hbond substituents is 1. The van der Waals surface area contributed by atoms with E-state index in [9.17, 15) is 9.90 Å². The number of thioether (sulfide) groups is 1. The van der Waals surface area contributed by atoms with Crippen LogP contribution in [0.25, 0.3) is 0 Å². The molecule has 1 fully saturated rings. The van der Waals surface area contributed by atoms with Crippen molar-refractivity contribution in [1.29, 1.82) is 0 Å². The molecule has 1 atom stereocenters. The number of rotatable bonds is 4. The summed E-state index contributed by atoms with van der Waals surface area (Å²) < 4.78 is 1.01. The number of hydrogen-bond acceptors (Lipinski definition) is 5. The molecule has 24 heavy (non-hydrogen) atoms. The van der Waals surface area contributed by atoms with Gasteiger partial charge in [0.2, 0.25) is 5.91 Å². The number of aromatic hydroxyl groups is 1. The molecular formula is C17H14BrN3O2S. The molecule has 5 nitrogen and oxygen atoms in total. The molecule has 7 heteroatoms. The predicted octanol–water partition coefficient (Wildman–Crippen LogP) is 3.32. The summed E-state index contributed by atoms with van der Waals surface area (Å²) in [6, 6.07) is 14.5. The maximum atomic E-state index is 12.0. The highest BCUT2D eigenvalue weighted by atomic mass is 79.9. The zero-order valence-corrected chi connectivity index (χ0v) is 14.9. The van der Waals surface area contributed by atoms with E-state index in [1.165, 1.54) is 11.8 Å². The Bertz CT molecular complexity index is 788. The lowest BCUT2D eigenvalue weighted by molar-refractivity contribution is -0.118. The number of carbonyl (C=O) groups is 1. The van der Waals surface area contributed by atoms with Crippen molar-refractivity contribution in [2.24, 2.45) is 10.2 Å². The molecule has 2 aromatic rings. The van der Waals surface area contributed by atoms with Gasteiger partial charge in [-0.05, 0) is 53.9 Å². The molecule has 1 saturated heterocycles. The number of hydrogen-bond donors (Lipinski definition) is 2. The van der Waals surface area contributed by atoms with Gasteiger partial charge in [-0.3, -0.25) is 4.79 Å². The molecule has 0 aliphatic carbocycles. The van der Waals surface area contributed by atoms with Crippen molar-refractivity contribution in [3.05, 3.63) is 64.1 Å². The lowest BCUT2D eigenvalue weighted by atomic mass is 10.1. The zero-order chi connectivity index (χ0) is 16.9. The second kappa shape index (κ2) is 7.63. The first-order chi connectivity index (χ1) is 11.6. The van der Waals surface area contributed by atoms with Gasteiger partial charge < -0.3 is 10.4 Å². The van der Waals surface area contributed by atoms with E-state index < -0.39 is 0 Å². The lowest BCUT2D eigenvalue weighted by Crippen LogP contribution is -2.25. The average molecular weight is 404 g/mol. The first-order valence-corrected chi connectivity index (χ1v) is 8.89. The molecule has 0 unspecified atom stereocenters. The van der Waals surface area contributed by atoms with Crippen molar-refractivity contribution >= 4 is 45.0 Å². The van der Waals surface area contributed by atoms with Crippen LogP contribution in [0.4, 0.5) is 0 Å². The maximum absolute atomic E-state index is 12.0. The number of halogens is 1. The van der Waals surface area contributed by atoms with Crippen molar-refractivity contribution in [3.63, 3.8) is 0 Å². The predicted molar refractivity (Wildman–Crippen MR) is 101 cm³/mol. The van der Waals surface area contributed by atoms with E-state index in [0.717, 1.165) is 15.6 Å². The summed E-state index contributed by atoms with van der Waals surface area (Å²) in [7, 11) is 0. The Balaban J connectivity index is 1.61. The van der Waals surface area contributed by atoms with Crippen molar-refractivity contribution in [1.82, 2.24) is 5.32 Å². The van der Waals surface area contributed by atoms with E-state index in [1.54, 1.807) is 30.5 Å². The van der Waals surface area contributed by atoms with E-state index >= 15 is 0 Å². The van der Waals surface area contributed by atoms with Crippen molar-refractivity contribution in [2.75, 3.05) is 0 Å². The minimum Gasteiger partial charge on any atom is -0.508 e. The fourth-order valence-electron chi connectivity index (χ4n) is 2.13. The molecule has 0 radical (unpaired) electrons. The van der Waals surface area contributed by atoms with Crippen LogP contribution in [0.15, 0.2) is 63.2 Å². The molecule has 0 saturated carbocycles. The van der Waals surface area contributed by atoms with Gasteiger partial charge in [-0.1, -0.05) is 39.8 Å². The van der Waals surface area contributed by atoms with E-state index in [2.05, 4.69) is 31.4 Å². The van der Waals surface area contributed by atoms with Crippen LogP contribution in [-0.2, 0) is 11.2 Å². The molecule has 1 aliphatic rings. The first kappa shape index (κ1) is 16.7. The minimum absolute atomic E-state index is 0.0542. The van der Waals surface area contributed by atoms with Crippen LogP contribution in [0, 0.1) is 0 Å². The lowest BCUT2D eigenvalue weighted by Gasteiger charge is -2.05. The summed E-state index contributed by atoms with van der Waals surface area (Å²) in [6.07, 6.45) is 2.21. The van der Waals surface area contributed by atoms with E-state index in [1.807, 2.05) is 24.3 Å². The van der Waals surface area contributed by atoms with Gasteiger partial charge in [0.05, 0.1) is 11.5 Å². The Morgan fingerprint density at radius 1 is 1.17 bits per heavy atom. The number of amides is 1. The Labute approximate surface area is 152 Å². The van der Waals surface area contributed by atoms with Crippen LogP contribution in [0.3, 0.4) is 0 Å². The number of amidine groups is 1. The van der Waals surface area contributed by atoms with Gasteiger partial charge in [0.15, 0.2) is 5.17 Å². The van der Waals surface area contributed by atoms with Crippen molar-refractivity contribution in [2.45, 2.75) is 11.7 Å². The zero-order valence-electron chi connectivity index (χ0n) is 12.5. The largest absolute Gasteiger partial charge is 0.508 e. The van der Waals surface area contributed by atoms with Crippen molar-refractivity contribution in [3.8, 4) is 5.75 Å².